The maximum absolute atomic E-state index is 13.1. The van der Waals surface area contributed by atoms with Crippen LogP contribution < -0.4 is 10.1 Å². The van der Waals surface area contributed by atoms with Gasteiger partial charge in [0.15, 0.2) is 5.82 Å². The van der Waals surface area contributed by atoms with Crippen molar-refractivity contribution in [3.05, 3.63) is 54.4 Å². The van der Waals surface area contributed by atoms with Crippen LogP contribution in [0.25, 0.3) is 17.1 Å². The molecule has 14 heteroatoms. The van der Waals surface area contributed by atoms with E-state index in [1.165, 1.54) is 34.9 Å². The number of carbonyl (C=O) groups is 2. The van der Waals surface area contributed by atoms with Crippen molar-refractivity contribution in [1.29, 1.82) is 0 Å². The molecule has 0 bridgehead atoms. The number of aromatic nitrogens is 3. The molecule has 0 saturated carbocycles. The summed E-state index contributed by atoms with van der Waals surface area (Å²) in [5, 5.41) is 7.47. The Morgan fingerprint density at radius 3 is 2.41 bits per heavy atom. The summed E-state index contributed by atoms with van der Waals surface area (Å²) in [5.41, 5.74) is 2.17. The third-order valence-corrected chi connectivity index (χ3v) is 6.10. The molecule has 0 aliphatic carbocycles. The van der Waals surface area contributed by atoms with Gasteiger partial charge in [-0.1, -0.05) is 6.92 Å². The highest BCUT2D eigenvalue weighted by Crippen LogP contribution is 2.37. The Morgan fingerprint density at radius 1 is 1.10 bits per heavy atom. The Morgan fingerprint density at radius 2 is 1.79 bits per heavy atom. The molecule has 1 aromatic heterocycles. The minimum absolute atomic E-state index is 0.0940. The van der Waals surface area contributed by atoms with Gasteiger partial charge >= 0.3 is 18.3 Å². The number of nitrogens with one attached hydrogen (secondary N) is 1. The van der Waals surface area contributed by atoms with Gasteiger partial charge in [-0.2, -0.15) is 26.9 Å². The second kappa shape index (κ2) is 12.4. The summed E-state index contributed by atoms with van der Waals surface area (Å²) in [6.45, 7) is 5.34. The Hall–Kier alpha value is -3.81. The highest BCUT2D eigenvalue weighted by Gasteiger charge is 2.61. The van der Waals surface area contributed by atoms with E-state index in [-0.39, 0.29) is 11.5 Å². The zero-order valence-electron chi connectivity index (χ0n) is 21.1. The quantitative estimate of drug-likeness (QED) is 0.172. The molecular weight excluding hydrogens is 545 g/mol. The molecule has 0 spiro atoms. The SMILES string of the molecule is CCCC(=O)CS/C(C)=N\C(=O)Nc1ccc(-c2ncn(-c3ccc(OC(F)(F)C(F)(F)F)cc3)n2)cc1C. The predicted octanol–water partition coefficient (Wildman–Crippen LogP) is 6.83. The van der Waals surface area contributed by atoms with E-state index in [1.807, 2.05) is 6.92 Å². The molecule has 1 heterocycles. The highest BCUT2D eigenvalue weighted by atomic mass is 32.2. The van der Waals surface area contributed by atoms with E-state index in [1.54, 1.807) is 32.0 Å². The normalized spacial score (nSPS) is 12.4. The average molecular weight is 570 g/mol. The van der Waals surface area contributed by atoms with Gasteiger partial charge in [0, 0.05) is 17.7 Å². The number of urea groups is 1. The molecule has 8 nitrogen and oxygen atoms in total. The monoisotopic (exact) mass is 569 g/mol. The summed E-state index contributed by atoms with van der Waals surface area (Å²) >= 11 is 1.21. The molecule has 3 aromatic rings. The fraction of sp³-hybridized carbons (Fsp3) is 0.320. The number of rotatable bonds is 9. The van der Waals surface area contributed by atoms with Crippen LogP contribution in [0.2, 0.25) is 0 Å². The minimum atomic E-state index is -5.84. The number of hydrogen-bond acceptors (Lipinski definition) is 6. The van der Waals surface area contributed by atoms with Crippen molar-refractivity contribution in [1.82, 2.24) is 14.8 Å². The third-order valence-electron chi connectivity index (χ3n) is 5.13. The first-order chi connectivity index (χ1) is 18.3. The number of ketones is 1. The van der Waals surface area contributed by atoms with Gasteiger partial charge < -0.3 is 10.1 Å². The average Bonchev–Trinajstić information content (AvgIpc) is 3.34. The highest BCUT2D eigenvalue weighted by molar-refractivity contribution is 8.14. The van der Waals surface area contributed by atoms with E-state index in [0.29, 0.717) is 39.8 Å². The van der Waals surface area contributed by atoms with Crippen LogP contribution in [0.4, 0.5) is 32.4 Å². The van der Waals surface area contributed by atoms with Gasteiger partial charge in [-0.15, -0.1) is 16.9 Å². The number of halogens is 5. The van der Waals surface area contributed by atoms with Crippen LogP contribution in [0.15, 0.2) is 53.8 Å². The Bertz CT molecular complexity index is 1360. The van der Waals surface area contributed by atoms with Gasteiger partial charge in [0.2, 0.25) is 0 Å². The number of benzene rings is 2. The van der Waals surface area contributed by atoms with Gasteiger partial charge in [-0.25, -0.2) is 14.5 Å². The lowest BCUT2D eigenvalue weighted by Gasteiger charge is -2.20. The van der Waals surface area contributed by atoms with Crippen molar-refractivity contribution < 1.29 is 36.3 Å². The number of ether oxygens (including phenoxy) is 1. The van der Waals surface area contributed by atoms with E-state index in [0.717, 1.165) is 18.6 Å². The first-order valence-corrected chi connectivity index (χ1v) is 12.5. The Kier molecular flexibility index (Phi) is 9.43. The van der Waals surface area contributed by atoms with Gasteiger partial charge in [-0.05, 0) is 68.3 Å². The first-order valence-electron chi connectivity index (χ1n) is 11.6. The number of alkyl halides is 5. The Labute approximate surface area is 224 Å². The van der Waals surface area contributed by atoms with Crippen LogP contribution in [0.5, 0.6) is 5.75 Å². The minimum Gasteiger partial charge on any atom is -0.426 e. The number of carbonyl (C=O) groups excluding carboxylic acids is 2. The number of hydrogen-bond donors (Lipinski definition) is 1. The lowest BCUT2D eigenvalue weighted by atomic mass is 10.1. The summed E-state index contributed by atoms with van der Waals surface area (Å²) in [4.78, 5) is 32.1. The zero-order valence-corrected chi connectivity index (χ0v) is 21.9. The maximum atomic E-state index is 13.1. The molecule has 39 heavy (non-hydrogen) atoms. The van der Waals surface area contributed by atoms with Crippen LogP contribution in [0.3, 0.4) is 0 Å². The number of anilines is 1. The van der Waals surface area contributed by atoms with E-state index in [9.17, 15) is 31.5 Å². The van der Waals surface area contributed by atoms with Crippen LogP contribution in [-0.2, 0) is 4.79 Å². The van der Waals surface area contributed by atoms with Crippen molar-refractivity contribution in [3.63, 3.8) is 0 Å². The number of amides is 2. The second-order valence-corrected chi connectivity index (χ2v) is 9.46. The molecule has 0 saturated heterocycles. The fourth-order valence-corrected chi connectivity index (χ4v) is 3.85. The largest absolute Gasteiger partial charge is 0.499 e. The molecule has 2 amide bonds. The van der Waals surface area contributed by atoms with Crippen molar-refractivity contribution in [2.45, 2.75) is 45.9 Å². The standard InChI is InChI=1S/C25H24F5N5O3S/c1-4-5-19(36)13-39-16(3)32-23(37)33-21-11-6-17(12-15(21)2)22-31-14-35(34-22)18-7-9-20(10-8-18)38-25(29,30)24(26,27)28/h6-12,14H,4-5,13H2,1-3H3,(H,33,37)/b32-16-. The van der Waals surface area contributed by atoms with Crippen molar-refractivity contribution in [2.24, 2.45) is 4.99 Å². The molecule has 0 fully saturated rings. The van der Waals surface area contributed by atoms with Crippen LogP contribution in [0.1, 0.15) is 32.3 Å². The maximum Gasteiger partial charge on any atom is 0.499 e. The van der Waals surface area contributed by atoms with E-state index < -0.39 is 24.1 Å². The van der Waals surface area contributed by atoms with Crippen LogP contribution in [0, 0.1) is 6.92 Å². The zero-order chi connectivity index (χ0) is 28.8. The molecule has 0 radical (unpaired) electrons. The fourth-order valence-electron chi connectivity index (χ4n) is 3.19. The molecule has 2 aromatic carbocycles. The Balaban J connectivity index is 1.65. The molecule has 208 valence electrons. The third kappa shape index (κ3) is 8.09. The molecular formula is C25H24F5N5O3S. The van der Waals surface area contributed by atoms with Crippen molar-refractivity contribution in [2.75, 3.05) is 11.1 Å². The van der Waals surface area contributed by atoms with Gasteiger partial charge in [-0.3, -0.25) is 4.79 Å². The lowest BCUT2D eigenvalue weighted by molar-refractivity contribution is -0.360. The first kappa shape index (κ1) is 29.7. The summed E-state index contributed by atoms with van der Waals surface area (Å²) in [6, 6.07) is 8.91. The number of nitrogens with zero attached hydrogens (tertiary/aromatic N) is 4. The summed E-state index contributed by atoms with van der Waals surface area (Å²) in [7, 11) is 0. The number of aryl methyl sites for hydroxylation is 1. The van der Waals surface area contributed by atoms with Crippen molar-refractivity contribution in [3.8, 4) is 22.8 Å². The topological polar surface area (TPSA) is 98.5 Å². The van der Waals surface area contributed by atoms with Crippen LogP contribution in [-0.4, -0.2) is 49.7 Å². The van der Waals surface area contributed by atoms with Gasteiger partial charge in [0.1, 0.15) is 17.9 Å². The number of aliphatic imine (C=N–C) groups is 1. The molecule has 0 unspecified atom stereocenters. The number of thioether (sulfide) groups is 1. The number of Topliss-reactive ketones (excluding diaryl/α,β-unsaturated/α-hetero) is 1. The van der Waals surface area contributed by atoms with Crippen molar-refractivity contribution >= 4 is 34.3 Å². The molecule has 3 rings (SSSR count). The van der Waals surface area contributed by atoms with Gasteiger partial charge in [0.05, 0.1) is 16.5 Å². The molecule has 1 N–H and O–H groups in total. The molecule has 0 atom stereocenters. The summed E-state index contributed by atoms with van der Waals surface area (Å²) in [6.07, 6.45) is -8.57. The van der Waals surface area contributed by atoms with Crippen LogP contribution >= 0.6 is 11.8 Å². The molecule has 0 aliphatic heterocycles. The molecule has 0 aliphatic rings. The second-order valence-electron chi connectivity index (χ2n) is 8.29. The van der Waals surface area contributed by atoms with E-state index >= 15 is 0 Å². The predicted molar refractivity (Wildman–Crippen MR) is 138 cm³/mol. The van der Waals surface area contributed by atoms with E-state index in [2.05, 4.69) is 25.1 Å². The smallest absolute Gasteiger partial charge is 0.426 e. The van der Waals surface area contributed by atoms with Gasteiger partial charge in [0.25, 0.3) is 0 Å². The summed E-state index contributed by atoms with van der Waals surface area (Å²) in [5.74, 6) is -0.00769. The van der Waals surface area contributed by atoms with E-state index in [4.69, 9.17) is 0 Å². The summed E-state index contributed by atoms with van der Waals surface area (Å²) < 4.78 is 68.3. The lowest BCUT2D eigenvalue weighted by Crippen LogP contribution is -2.41.